The number of allylic oxidation sites excluding steroid dienone is 2. The van der Waals surface area contributed by atoms with Crippen LogP contribution in [0.1, 0.15) is 65.0 Å². The van der Waals surface area contributed by atoms with Crippen LogP contribution in [0, 0.1) is 24.2 Å². The van der Waals surface area contributed by atoms with E-state index in [-0.39, 0.29) is 40.7 Å². The molecule has 0 spiro atoms. The maximum Gasteiger partial charge on any atom is 0.308 e. The van der Waals surface area contributed by atoms with Crippen LogP contribution in [0.3, 0.4) is 0 Å². The van der Waals surface area contributed by atoms with Crippen LogP contribution in [0.4, 0.5) is 4.39 Å². The highest BCUT2D eigenvalue weighted by Gasteiger charge is 2.47. The molecule has 0 radical (unpaired) electrons. The summed E-state index contributed by atoms with van der Waals surface area (Å²) in [5.74, 6) is -0.554. The summed E-state index contributed by atoms with van der Waals surface area (Å²) >= 11 is 7.41. The SMILES string of the molecule is COc1cc(C(=O)NC2(c3nc4cc(CN5CC(F)C5)cc(C#N)c4o3)C=CC=C(c3ccccc3C)C2Cl)ncc1CNCC(C)OC(=O)C(C)C. The first kappa shape index (κ1) is 37.7. The number of aryl methyl sites for hydroxylation is 1. The third kappa shape index (κ3) is 7.98. The predicted octanol–water partition coefficient (Wildman–Crippen LogP) is 6.13. The molecule has 1 saturated heterocycles. The third-order valence-electron chi connectivity index (χ3n) is 9.36. The summed E-state index contributed by atoms with van der Waals surface area (Å²) in [6, 6.07) is 15.1. The van der Waals surface area contributed by atoms with Gasteiger partial charge in [-0.05, 0) is 54.3 Å². The number of likely N-dealkylation sites (tertiary alicyclic amines) is 1. The summed E-state index contributed by atoms with van der Waals surface area (Å²) in [5.41, 5.74) is 3.55. The van der Waals surface area contributed by atoms with Crippen LogP contribution in [0.15, 0.2) is 71.3 Å². The van der Waals surface area contributed by atoms with Crippen molar-refractivity contribution in [1.29, 1.82) is 5.26 Å². The van der Waals surface area contributed by atoms with Crippen molar-refractivity contribution in [2.24, 2.45) is 5.92 Å². The minimum Gasteiger partial charge on any atom is -0.496 e. The number of hydrogen-bond donors (Lipinski definition) is 2. The number of carbonyl (C=O) groups excluding carboxylic acids is 2. The number of aromatic nitrogens is 2. The maximum absolute atomic E-state index is 14.2. The molecule has 3 atom stereocenters. The summed E-state index contributed by atoms with van der Waals surface area (Å²) in [6.07, 6.45) is 5.77. The van der Waals surface area contributed by atoms with E-state index in [0.29, 0.717) is 49.6 Å². The van der Waals surface area contributed by atoms with Crippen molar-refractivity contribution < 1.29 is 27.9 Å². The fourth-order valence-electron chi connectivity index (χ4n) is 6.47. The number of methoxy groups -OCH3 is 1. The zero-order valence-electron chi connectivity index (χ0n) is 30.3. The van der Waals surface area contributed by atoms with Gasteiger partial charge in [-0.1, -0.05) is 50.3 Å². The molecule has 0 bridgehead atoms. The molecule has 3 heterocycles. The van der Waals surface area contributed by atoms with Gasteiger partial charge in [0.05, 0.1) is 24.0 Å². The first-order valence-corrected chi connectivity index (χ1v) is 17.9. The largest absolute Gasteiger partial charge is 0.496 e. The highest BCUT2D eigenvalue weighted by Crippen LogP contribution is 2.43. The van der Waals surface area contributed by atoms with Crippen LogP contribution in [0.2, 0.25) is 0 Å². The van der Waals surface area contributed by atoms with Gasteiger partial charge >= 0.3 is 5.97 Å². The Kier molecular flexibility index (Phi) is 11.3. The number of esters is 1. The van der Waals surface area contributed by atoms with E-state index < -0.39 is 23.0 Å². The number of nitriles is 1. The quantitative estimate of drug-likeness (QED) is 0.121. The molecule has 4 aromatic rings. The summed E-state index contributed by atoms with van der Waals surface area (Å²) in [4.78, 5) is 37.4. The Labute approximate surface area is 312 Å². The van der Waals surface area contributed by atoms with Gasteiger partial charge in [0.15, 0.2) is 11.1 Å². The molecule has 2 aromatic heterocycles. The molecule has 1 aliphatic heterocycles. The molecule has 1 amide bonds. The lowest BCUT2D eigenvalue weighted by Gasteiger charge is -2.36. The topological polar surface area (TPSA) is 143 Å². The first-order chi connectivity index (χ1) is 25.4. The molecule has 13 heteroatoms. The molecule has 2 aromatic carbocycles. The van der Waals surface area contributed by atoms with Crippen molar-refractivity contribution in [2.45, 2.75) is 64.0 Å². The van der Waals surface area contributed by atoms with Crippen molar-refractivity contribution in [3.8, 4) is 11.8 Å². The Morgan fingerprint density at radius 2 is 1.98 bits per heavy atom. The van der Waals surface area contributed by atoms with Crippen molar-refractivity contribution in [3.05, 3.63) is 106 Å². The fourth-order valence-corrected chi connectivity index (χ4v) is 6.88. The minimum absolute atomic E-state index is 0.0605. The molecule has 53 heavy (non-hydrogen) atoms. The van der Waals surface area contributed by atoms with Crippen LogP contribution >= 0.6 is 11.6 Å². The lowest BCUT2D eigenvalue weighted by Crippen LogP contribution is -2.52. The van der Waals surface area contributed by atoms with Gasteiger partial charge in [-0.2, -0.15) is 5.26 Å². The van der Waals surface area contributed by atoms with E-state index in [4.69, 9.17) is 30.5 Å². The fraction of sp³-hybridized carbons (Fsp3) is 0.375. The average Bonchev–Trinajstić information content (AvgIpc) is 3.57. The summed E-state index contributed by atoms with van der Waals surface area (Å²) in [5, 5.41) is 15.5. The van der Waals surface area contributed by atoms with Crippen molar-refractivity contribution >= 4 is 40.2 Å². The summed E-state index contributed by atoms with van der Waals surface area (Å²) in [6.45, 7) is 9.22. The Morgan fingerprint density at radius 1 is 1.21 bits per heavy atom. The van der Waals surface area contributed by atoms with Gasteiger partial charge in [-0.3, -0.25) is 19.5 Å². The minimum atomic E-state index is -1.52. The standard InChI is InChI=1S/C40H42ClFN6O5/c1-23(2)38(50)52-25(4)17-44-18-28-19-45-33(15-34(28)51-5)37(49)47-40(12-8-11-31(36(40)41)30-10-7-6-9-24(30)3)39-46-32-14-26(20-48-21-29(42)22-48)13-27(16-43)35(32)53-39/h6-15,19,23,25,29,36,44H,17-18,20-22H2,1-5H3,(H,47,49). The number of nitrogens with one attached hydrogen (secondary N) is 2. The monoisotopic (exact) mass is 740 g/mol. The number of fused-ring (bicyclic) bond motifs is 1. The van der Waals surface area contributed by atoms with Crippen LogP contribution in [-0.4, -0.2) is 71.1 Å². The number of ether oxygens (including phenoxy) is 2. The second-order valence-corrected chi connectivity index (χ2v) is 14.2. The maximum atomic E-state index is 14.2. The van der Waals surface area contributed by atoms with Crippen LogP contribution in [-0.2, 0) is 28.2 Å². The lowest BCUT2D eigenvalue weighted by atomic mass is 9.81. The highest BCUT2D eigenvalue weighted by atomic mass is 35.5. The number of alkyl halides is 2. The lowest BCUT2D eigenvalue weighted by molar-refractivity contribution is -0.151. The molecular formula is C40H42ClFN6O5. The van der Waals surface area contributed by atoms with E-state index in [1.54, 1.807) is 44.3 Å². The molecule has 276 valence electrons. The van der Waals surface area contributed by atoms with Crippen LogP contribution < -0.4 is 15.4 Å². The molecule has 2 N–H and O–H groups in total. The second-order valence-electron chi connectivity index (χ2n) is 13.8. The molecule has 2 aliphatic rings. The molecule has 11 nitrogen and oxygen atoms in total. The smallest absolute Gasteiger partial charge is 0.308 e. The number of nitrogens with zero attached hydrogens (tertiary/aromatic N) is 4. The highest BCUT2D eigenvalue weighted by molar-refractivity contribution is 6.28. The molecule has 6 rings (SSSR count). The number of pyridine rings is 1. The predicted molar refractivity (Wildman–Crippen MR) is 199 cm³/mol. The molecule has 1 aliphatic carbocycles. The van der Waals surface area contributed by atoms with Gasteiger partial charge < -0.3 is 24.5 Å². The molecule has 0 saturated carbocycles. The Balaban J connectivity index is 1.32. The Bertz CT molecular complexity index is 2120. The zero-order chi connectivity index (χ0) is 37.9. The number of carbonyl (C=O) groups is 2. The van der Waals surface area contributed by atoms with Gasteiger partial charge in [-0.25, -0.2) is 9.37 Å². The van der Waals surface area contributed by atoms with Gasteiger partial charge in [-0.15, -0.1) is 11.6 Å². The Morgan fingerprint density at radius 3 is 2.68 bits per heavy atom. The number of halogens is 2. The number of hydrogen-bond acceptors (Lipinski definition) is 10. The summed E-state index contributed by atoms with van der Waals surface area (Å²) in [7, 11) is 1.50. The van der Waals surface area contributed by atoms with E-state index in [1.165, 1.54) is 7.11 Å². The number of benzene rings is 2. The number of rotatable bonds is 13. The van der Waals surface area contributed by atoms with Gasteiger partial charge in [0.1, 0.15) is 35.3 Å². The van der Waals surface area contributed by atoms with E-state index in [1.807, 2.05) is 55.2 Å². The second kappa shape index (κ2) is 15.9. The average molecular weight is 741 g/mol. The van der Waals surface area contributed by atoms with E-state index in [0.717, 1.165) is 22.3 Å². The van der Waals surface area contributed by atoms with E-state index in [9.17, 15) is 19.2 Å². The van der Waals surface area contributed by atoms with Crippen molar-refractivity contribution in [2.75, 3.05) is 26.7 Å². The number of oxazole rings is 1. The van der Waals surface area contributed by atoms with Crippen molar-refractivity contribution in [3.63, 3.8) is 0 Å². The number of amides is 1. The molecule has 3 unspecified atom stereocenters. The Hall–Kier alpha value is -5.09. The van der Waals surface area contributed by atoms with Crippen LogP contribution in [0.5, 0.6) is 5.75 Å². The van der Waals surface area contributed by atoms with Gasteiger partial charge in [0.2, 0.25) is 5.89 Å². The first-order valence-electron chi connectivity index (χ1n) is 17.5. The van der Waals surface area contributed by atoms with E-state index >= 15 is 0 Å². The van der Waals surface area contributed by atoms with Crippen LogP contribution in [0.25, 0.3) is 16.7 Å². The van der Waals surface area contributed by atoms with Crippen molar-refractivity contribution in [1.82, 2.24) is 25.5 Å². The third-order valence-corrected chi connectivity index (χ3v) is 9.94. The van der Waals surface area contributed by atoms with E-state index in [2.05, 4.69) is 21.7 Å². The zero-order valence-corrected chi connectivity index (χ0v) is 31.0. The van der Waals surface area contributed by atoms with Gasteiger partial charge in [0.25, 0.3) is 5.91 Å². The summed E-state index contributed by atoms with van der Waals surface area (Å²) < 4.78 is 31.0. The normalized spacial score (nSPS) is 19.4. The van der Waals surface area contributed by atoms with Gasteiger partial charge in [0, 0.05) is 50.6 Å². The molecular weight excluding hydrogens is 699 g/mol. The molecule has 1 fully saturated rings.